The zero-order chi connectivity index (χ0) is 14.9. The van der Waals surface area contributed by atoms with Gasteiger partial charge in [0, 0.05) is 13.5 Å². The van der Waals surface area contributed by atoms with Crippen molar-refractivity contribution in [3.8, 4) is 0 Å². The molecule has 0 unspecified atom stereocenters. The lowest BCUT2D eigenvalue weighted by Crippen LogP contribution is -2.30. The first-order valence-electron chi connectivity index (χ1n) is 7.72. The summed E-state index contributed by atoms with van der Waals surface area (Å²) in [7, 11) is 1.68. The van der Waals surface area contributed by atoms with Gasteiger partial charge in [0.15, 0.2) is 0 Å². The zero-order valence-corrected chi connectivity index (χ0v) is 12.4. The molecule has 116 valence electrons. The SMILES string of the molecule is COC1(c2noc(CC3(C(=O)O)CCCC3)n2)CCCC1. The predicted molar refractivity (Wildman–Crippen MR) is 73.7 cm³/mol. The van der Waals surface area contributed by atoms with Gasteiger partial charge in [-0.15, -0.1) is 0 Å². The molecular formula is C15H22N2O4. The van der Waals surface area contributed by atoms with Gasteiger partial charge in [-0.1, -0.05) is 18.0 Å². The van der Waals surface area contributed by atoms with E-state index in [4.69, 9.17) is 9.26 Å². The fraction of sp³-hybridized carbons (Fsp3) is 0.800. The highest BCUT2D eigenvalue weighted by atomic mass is 16.5. The van der Waals surface area contributed by atoms with E-state index in [2.05, 4.69) is 10.1 Å². The highest BCUT2D eigenvalue weighted by molar-refractivity contribution is 5.75. The summed E-state index contributed by atoms with van der Waals surface area (Å²) in [4.78, 5) is 16.1. The Bertz CT molecular complexity index is 513. The van der Waals surface area contributed by atoms with Gasteiger partial charge in [0.2, 0.25) is 11.7 Å². The van der Waals surface area contributed by atoms with Crippen LogP contribution < -0.4 is 0 Å². The summed E-state index contributed by atoms with van der Waals surface area (Å²) in [5.41, 5.74) is -1.16. The van der Waals surface area contributed by atoms with E-state index in [-0.39, 0.29) is 0 Å². The second-order valence-corrected chi connectivity index (χ2v) is 6.39. The van der Waals surface area contributed by atoms with Gasteiger partial charge in [-0.25, -0.2) is 0 Å². The van der Waals surface area contributed by atoms with E-state index < -0.39 is 17.0 Å². The maximum absolute atomic E-state index is 11.6. The number of rotatable bonds is 5. The fourth-order valence-electron chi connectivity index (χ4n) is 3.78. The molecule has 1 aromatic rings. The zero-order valence-electron chi connectivity index (χ0n) is 12.4. The Hall–Kier alpha value is -1.43. The molecule has 0 radical (unpaired) electrons. The van der Waals surface area contributed by atoms with Crippen molar-refractivity contribution in [1.82, 2.24) is 10.1 Å². The van der Waals surface area contributed by atoms with Crippen LogP contribution in [0.5, 0.6) is 0 Å². The lowest BCUT2D eigenvalue weighted by atomic mass is 9.83. The quantitative estimate of drug-likeness (QED) is 0.898. The molecule has 0 spiro atoms. The average molecular weight is 294 g/mol. The number of carboxylic acids is 1. The van der Waals surface area contributed by atoms with Gasteiger partial charge in [0.05, 0.1) is 5.41 Å². The number of aliphatic carboxylic acids is 1. The van der Waals surface area contributed by atoms with E-state index in [1.54, 1.807) is 7.11 Å². The molecule has 1 heterocycles. The minimum atomic E-state index is -0.748. The fourth-order valence-corrected chi connectivity index (χ4v) is 3.78. The van der Waals surface area contributed by atoms with Crippen molar-refractivity contribution in [1.29, 1.82) is 0 Å². The molecule has 2 aliphatic carbocycles. The standard InChI is InChI=1S/C15H22N2O4/c1-20-15(8-4-5-9-15)12-16-11(21-17-12)10-14(13(18)19)6-2-3-7-14/h2-10H2,1H3,(H,18,19). The Morgan fingerprint density at radius 3 is 2.43 bits per heavy atom. The Kier molecular flexibility index (Phi) is 3.73. The number of carbonyl (C=O) groups is 1. The molecule has 0 saturated heterocycles. The Balaban J connectivity index is 1.80. The first-order valence-corrected chi connectivity index (χ1v) is 7.72. The molecule has 6 heteroatoms. The normalized spacial score (nSPS) is 23.5. The van der Waals surface area contributed by atoms with Crippen LogP contribution in [-0.2, 0) is 21.6 Å². The number of hydrogen-bond donors (Lipinski definition) is 1. The van der Waals surface area contributed by atoms with Crippen LogP contribution in [-0.4, -0.2) is 28.3 Å². The molecule has 2 fully saturated rings. The second kappa shape index (κ2) is 5.40. The topological polar surface area (TPSA) is 85.5 Å². The van der Waals surface area contributed by atoms with E-state index in [0.29, 0.717) is 31.0 Å². The second-order valence-electron chi connectivity index (χ2n) is 6.39. The molecule has 0 aliphatic heterocycles. The van der Waals surface area contributed by atoms with Crippen LogP contribution in [0.4, 0.5) is 0 Å². The summed E-state index contributed by atoms with van der Waals surface area (Å²) >= 11 is 0. The number of carboxylic acid groups (broad SMARTS) is 1. The van der Waals surface area contributed by atoms with Gasteiger partial charge in [0.25, 0.3) is 0 Å². The highest BCUT2D eigenvalue weighted by Crippen LogP contribution is 2.43. The summed E-state index contributed by atoms with van der Waals surface area (Å²) in [5.74, 6) is 0.260. The van der Waals surface area contributed by atoms with Crippen LogP contribution in [0, 0.1) is 5.41 Å². The van der Waals surface area contributed by atoms with Gasteiger partial charge < -0.3 is 14.4 Å². The number of methoxy groups -OCH3 is 1. The maximum Gasteiger partial charge on any atom is 0.310 e. The Morgan fingerprint density at radius 2 is 1.86 bits per heavy atom. The molecule has 1 aromatic heterocycles. The summed E-state index contributed by atoms with van der Waals surface area (Å²) in [5, 5.41) is 13.6. The van der Waals surface area contributed by atoms with Gasteiger partial charge in [-0.05, 0) is 38.5 Å². The van der Waals surface area contributed by atoms with E-state index in [9.17, 15) is 9.90 Å². The van der Waals surface area contributed by atoms with Crippen molar-refractivity contribution < 1.29 is 19.2 Å². The molecule has 2 aliphatic rings. The van der Waals surface area contributed by atoms with Gasteiger partial charge >= 0.3 is 5.97 Å². The molecular weight excluding hydrogens is 272 g/mol. The first kappa shape index (κ1) is 14.5. The minimum absolute atomic E-state index is 0.328. The number of nitrogens with zero attached hydrogens (tertiary/aromatic N) is 2. The van der Waals surface area contributed by atoms with Crippen LogP contribution in [0.1, 0.15) is 63.1 Å². The van der Waals surface area contributed by atoms with Crippen LogP contribution in [0.2, 0.25) is 0 Å². The predicted octanol–water partition coefficient (Wildman–Crippen LogP) is 2.67. The lowest BCUT2D eigenvalue weighted by Gasteiger charge is -2.23. The van der Waals surface area contributed by atoms with E-state index in [0.717, 1.165) is 38.5 Å². The molecule has 0 bridgehead atoms. The summed E-state index contributed by atoms with van der Waals surface area (Å²) in [6.07, 6.45) is 7.59. The molecule has 3 rings (SSSR count). The van der Waals surface area contributed by atoms with Gasteiger partial charge in [0.1, 0.15) is 5.60 Å². The lowest BCUT2D eigenvalue weighted by molar-refractivity contribution is -0.148. The van der Waals surface area contributed by atoms with Crippen LogP contribution in [0.25, 0.3) is 0 Å². The first-order chi connectivity index (χ1) is 10.1. The third kappa shape index (κ3) is 2.46. The van der Waals surface area contributed by atoms with Crippen LogP contribution in [0.15, 0.2) is 4.52 Å². The Labute approximate surface area is 123 Å². The smallest absolute Gasteiger partial charge is 0.310 e. The summed E-state index contributed by atoms with van der Waals surface area (Å²) < 4.78 is 11.0. The van der Waals surface area contributed by atoms with Crippen molar-refractivity contribution in [3.63, 3.8) is 0 Å². The Morgan fingerprint density at radius 1 is 1.24 bits per heavy atom. The number of ether oxygens (including phenoxy) is 1. The minimum Gasteiger partial charge on any atom is -0.481 e. The van der Waals surface area contributed by atoms with E-state index >= 15 is 0 Å². The monoisotopic (exact) mass is 294 g/mol. The van der Waals surface area contributed by atoms with Gasteiger partial charge in [-0.3, -0.25) is 4.79 Å². The van der Waals surface area contributed by atoms with Crippen LogP contribution in [0.3, 0.4) is 0 Å². The number of aromatic nitrogens is 2. The number of hydrogen-bond acceptors (Lipinski definition) is 5. The molecule has 0 aromatic carbocycles. The van der Waals surface area contributed by atoms with Crippen LogP contribution >= 0.6 is 0 Å². The van der Waals surface area contributed by atoms with E-state index in [1.165, 1.54) is 0 Å². The summed E-state index contributed by atoms with van der Waals surface area (Å²) in [6, 6.07) is 0. The molecule has 21 heavy (non-hydrogen) atoms. The largest absolute Gasteiger partial charge is 0.481 e. The third-order valence-corrected chi connectivity index (χ3v) is 5.18. The maximum atomic E-state index is 11.6. The average Bonchev–Trinajstić information content (AvgIpc) is 3.20. The third-order valence-electron chi connectivity index (χ3n) is 5.18. The van der Waals surface area contributed by atoms with Crippen molar-refractivity contribution >= 4 is 5.97 Å². The molecule has 0 amide bonds. The molecule has 6 nitrogen and oxygen atoms in total. The van der Waals surface area contributed by atoms with Crippen molar-refractivity contribution in [2.75, 3.05) is 7.11 Å². The van der Waals surface area contributed by atoms with Gasteiger partial charge in [-0.2, -0.15) is 4.98 Å². The van der Waals surface area contributed by atoms with E-state index in [1.807, 2.05) is 0 Å². The van der Waals surface area contributed by atoms with Crippen molar-refractivity contribution in [3.05, 3.63) is 11.7 Å². The molecule has 0 atom stereocenters. The molecule has 1 N–H and O–H groups in total. The highest BCUT2D eigenvalue weighted by Gasteiger charge is 2.44. The molecule has 2 saturated carbocycles. The van der Waals surface area contributed by atoms with Crippen molar-refractivity contribution in [2.45, 2.75) is 63.4 Å². The van der Waals surface area contributed by atoms with Crippen molar-refractivity contribution in [2.24, 2.45) is 5.41 Å². The summed E-state index contributed by atoms with van der Waals surface area (Å²) in [6.45, 7) is 0.